The Labute approximate surface area is 204 Å². The van der Waals surface area contributed by atoms with Crippen molar-refractivity contribution in [2.45, 2.75) is 37.1 Å². The van der Waals surface area contributed by atoms with Crippen LogP contribution >= 0.6 is 0 Å². The number of fused-ring (bicyclic) bond motifs is 3. The molecule has 2 aliphatic carbocycles. The van der Waals surface area contributed by atoms with Crippen LogP contribution in [0.2, 0.25) is 0 Å². The number of hydrogen-bond acceptors (Lipinski definition) is 5. The summed E-state index contributed by atoms with van der Waals surface area (Å²) in [6, 6.07) is 16.4. The van der Waals surface area contributed by atoms with E-state index in [1.807, 2.05) is 24.3 Å². The quantitative estimate of drug-likeness (QED) is 0.537. The molecule has 1 unspecified atom stereocenters. The maximum absolute atomic E-state index is 12.4. The number of benzene rings is 2. The van der Waals surface area contributed by atoms with Gasteiger partial charge in [-0.05, 0) is 46.9 Å². The summed E-state index contributed by atoms with van der Waals surface area (Å²) < 4.78 is 10.8. The lowest BCUT2D eigenvalue weighted by molar-refractivity contribution is -0.148. The summed E-state index contributed by atoms with van der Waals surface area (Å²) in [5, 5.41) is 15.0. The Kier molecular flexibility index (Phi) is 6.47. The van der Waals surface area contributed by atoms with E-state index in [1.54, 1.807) is 0 Å². The lowest BCUT2D eigenvalue weighted by Gasteiger charge is -2.35. The Morgan fingerprint density at radius 3 is 2.26 bits per heavy atom. The first kappa shape index (κ1) is 23.4. The van der Waals surface area contributed by atoms with Crippen LogP contribution in [0.25, 0.3) is 11.1 Å². The molecule has 184 valence electrons. The zero-order valence-electron chi connectivity index (χ0n) is 19.5. The van der Waals surface area contributed by atoms with Gasteiger partial charge in [0.15, 0.2) is 5.54 Å². The predicted molar refractivity (Wildman–Crippen MR) is 128 cm³/mol. The van der Waals surface area contributed by atoms with Gasteiger partial charge in [-0.25, -0.2) is 9.59 Å². The third kappa shape index (κ3) is 4.75. The zero-order valence-corrected chi connectivity index (χ0v) is 19.5. The highest BCUT2D eigenvalue weighted by Crippen LogP contribution is 2.44. The van der Waals surface area contributed by atoms with Crippen LogP contribution < -0.4 is 10.6 Å². The van der Waals surface area contributed by atoms with Gasteiger partial charge in [-0.2, -0.15) is 0 Å². The molecule has 2 aromatic rings. The molecular weight excluding hydrogens is 448 g/mol. The van der Waals surface area contributed by atoms with Gasteiger partial charge in [0.2, 0.25) is 5.91 Å². The van der Waals surface area contributed by atoms with Gasteiger partial charge in [-0.15, -0.1) is 0 Å². The average Bonchev–Trinajstić information content (AvgIpc) is 3.43. The number of rotatable bonds is 8. The molecular formula is C27H30N2O6. The third-order valence-corrected chi connectivity index (χ3v) is 7.50. The van der Waals surface area contributed by atoms with Crippen LogP contribution in [-0.4, -0.2) is 55.0 Å². The molecule has 0 spiro atoms. The van der Waals surface area contributed by atoms with E-state index in [4.69, 9.17) is 9.47 Å². The second kappa shape index (κ2) is 9.70. The summed E-state index contributed by atoms with van der Waals surface area (Å²) in [7, 11) is 0. The minimum Gasteiger partial charge on any atom is -0.479 e. The molecule has 3 N–H and O–H groups in total. The fourth-order valence-electron chi connectivity index (χ4n) is 5.55. The maximum Gasteiger partial charge on any atom is 0.407 e. The van der Waals surface area contributed by atoms with Crippen LogP contribution in [0.1, 0.15) is 42.7 Å². The Bertz CT molecular complexity index is 1070. The number of carbonyl (C=O) groups is 3. The van der Waals surface area contributed by atoms with Crippen molar-refractivity contribution in [3.8, 4) is 11.1 Å². The number of carbonyl (C=O) groups excluding carboxylic acids is 2. The van der Waals surface area contributed by atoms with E-state index < -0.39 is 17.6 Å². The van der Waals surface area contributed by atoms with E-state index in [9.17, 15) is 19.5 Å². The first-order valence-corrected chi connectivity index (χ1v) is 12.2. The summed E-state index contributed by atoms with van der Waals surface area (Å²) in [4.78, 5) is 36.2. The van der Waals surface area contributed by atoms with E-state index in [1.165, 1.54) is 22.3 Å². The molecule has 2 amide bonds. The molecule has 2 fully saturated rings. The van der Waals surface area contributed by atoms with Gasteiger partial charge in [0.05, 0.1) is 6.61 Å². The molecule has 1 saturated heterocycles. The normalized spacial score (nSPS) is 24.7. The molecule has 0 aromatic heterocycles. The number of aliphatic carboxylic acids is 1. The lowest BCUT2D eigenvalue weighted by atomic mass is 9.73. The Morgan fingerprint density at radius 2 is 1.66 bits per heavy atom. The maximum atomic E-state index is 12.4. The number of hydrogen-bond donors (Lipinski definition) is 3. The number of amides is 2. The zero-order chi connectivity index (χ0) is 24.4. The summed E-state index contributed by atoms with van der Waals surface area (Å²) in [5.74, 6) is -0.805. The van der Waals surface area contributed by atoms with Crippen molar-refractivity contribution in [1.29, 1.82) is 0 Å². The topological polar surface area (TPSA) is 114 Å². The standard InChI is InChI=1S/C27H30N2O6/c30-24(29-27(25(31)32)9-10-34-16-27)13-17-11-18(12-17)14-28-26(33)35-15-23-21-7-3-1-5-19(21)20-6-2-4-8-22(20)23/h1-8,17-18,23H,9-16H2,(H,28,33)(H,29,30)(H,31,32). The van der Waals surface area contributed by atoms with Crippen LogP contribution in [0.4, 0.5) is 4.79 Å². The van der Waals surface area contributed by atoms with Crippen LogP contribution in [0.15, 0.2) is 48.5 Å². The number of carboxylic acid groups (broad SMARTS) is 1. The van der Waals surface area contributed by atoms with Crippen molar-refractivity contribution < 1.29 is 29.0 Å². The monoisotopic (exact) mass is 478 g/mol. The van der Waals surface area contributed by atoms with Gasteiger partial charge in [0.1, 0.15) is 6.61 Å². The van der Waals surface area contributed by atoms with Crippen LogP contribution in [0.5, 0.6) is 0 Å². The molecule has 0 radical (unpaired) electrons. The van der Waals surface area contributed by atoms with Crippen molar-refractivity contribution in [3.05, 3.63) is 59.7 Å². The smallest absolute Gasteiger partial charge is 0.407 e. The first-order chi connectivity index (χ1) is 16.9. The van der Waals surface area contributed by atoms with Crippen molar-refractivity contribution >= 4 is 18.0 Å². The van der Waals surface area contributed by atoms with Crippen molar-refractivity contribution in [3.63, 3.8) is 0 Å². The Hall–Kier alpha value is -3.39. The van der Waals surface area contributed by atoms with Gasteiger partial charge in [0.25, 0.3) is 0 Å². The summed E-state index contributed by atoms with van der Waals surface area (Å²) in [6.07, 6.45) is 1.76. The highest BCUT2D eigenvalue weighted by Gasteiger charge is 2.44. The molecule has 35 heavy (non-hydrogen) atoms. The molecule has 1 heterocycles. The molecule has 1 atom stereocenters. The van der Waals surface area contributed by atoms with Gasteiger partial charge in [-0.3, -0.25) is 4.79 Å². The Morgan fingerprint density at radius 1 is 1.00 bits per heavy atom. The molecule has 3 aliphatic rings. The van der Waals surface area contributed by atoms with Crippen LogP contribution in [0, 0.1) is 11.8 Å². The van der Waals surface area contributed by atoms with E-state index in [-0.39, 0.29) is 49.7 Å². The minimum absolute atomic E-state index is 0.00538. The van der Waals surface area contributed by atoms with Gasteiger partial charge in [-0.1, -0.05) is 48.5 Å². The van der Waals surface area contributed by atoms with Crippen LogP contribution in [-0.2, 0) is 19.1 Å². The first-order valence-electron chi connectivity index (χ1n) is 12.2. The summed E-state index contributed by atoms with van der Waals surface area (Å²) in [6.45, 7) is 1.12. The lowest BCUT2D eigenvalue weighted by Crippen LogP contribution is -2.55. The molecule has 8 heteroatoms. The molecule has 1 aliphatic heterocycles. The van der Waals surface area contributed by atoms with Crippen molar-refractivity contribution in [1.82, 2.24) is 10.6 Å². The van der Waals surface area contributed by atoms with Crippen LogP contribution in [0.3, 0.4) is 0 Å². The molecule has 8 nitrogen and oxygen atoms in total. The predicted octanol–water partition coefficient (Wildman–Crippen LogP) is 3.30. The SMILES string of the molecule is O=C(CC1CC(CNC(=O)OCC2c3ccccc3-c3ccccc32)C1)NC1(C(=O)O)CCOC1. The summed E-state index contributed by atoms with van der Waals surface area (Å²) >= 11 is 0. The molecule has 0 bridgehead atoms. The molecule has 2 aromatic carbocycles. The fraction of sp³-hybridized carbons (Fsp3) is 0.444. The fourth-order valence-corrected chi connectivity index (χ4v) is 5.55. The Balaban J connectivity index is 1.04. The molecule has 5 rings (SSSR count). The minimum atomic E-state index is -1.30. The largest absolute Gasteiger partial charge is 0.479 e. The number of alkyl carbamates (subject to hydrolysis) is 1. The second-order valence-electron chi connectivity index (χ2n) is 9.85. The van der Waals surface area contributed by atoms with Crippen molar-refractivity contribution in [2.24, 2.45) is 11.8 Å². The third-order valence-electron chi connectivity index (χ3n) is 7.50. The molecule has 1 saturated carbocycles. The van der Waals surface area contributed by atoms with E-state index in [2.05, 4.69) is 34.9 Å². The number of carboxylic acids is 1. The van der Waals surface area contributed by atoms with E-state index >= 15 is 0 Å². The van der Waals surface area contributed by atoms with Gasteiger partial charge >= 0.3 is 12.1 Å². The number of ether oxygens (including phenoxy) is 2. The van der Waals surface area contributed by atoms with Gasteiger partial charge in [0, 0.05) is 31.9 Å². The highest BCUT2D eigenvalue weighted by molar-refractivity contribution is 5.87. The average molecular weight is 479 g/mol. The van der Waals surface area contributed by atoms with E-state index in [0.29, 0.717) is 13.2 Å². The second-order valence-corrected chi connectivity index (χ2v) is 9.85. The number of nitrogens with one attached hydrogen (secondary N) is 2. The highest BCUT2D eigenvalue weighted by atomic mass is 16.5. The van der Waals surface area contributed by atoms with E-state index in [0.717, 1.165) is 12.8 Å². The van der Waals surface area contributed by atoms with Gasteiger partial charge < -0.3 is 25.2 Å². The van der Waals surface area contributed by atoms with Crippen molar-refractivity contribution in [2.75, 3.05) is 26.4 Å². The summed E-state index contributed by atoms with van der Waals surface area (Å²) in [5.41, 5.74) is 3.44.